The van der Waals surface area contributed by atoms with Gasteiger partial charge in [-0.1, -0.05) is 17.7 Å². The first kappa shape index (κ1) is 16.9. The molecule has 0 saturated carbocycles. The molecule has 1 aromatic carbocycles. The summed E-state index contributed by atoms with van der Waals surface area (Å²) in [7, 11) is 0. The first-order valence-electron chi connectivity index (χ1n) is 7.66. The summed E-state index contributed by atoms with van der Waals surface area (Å²) in [5, 5.41) is 6.52. The number of carbonyl (C=O) groups excluding carboxylic acids is 1. The number of hydrogen-bond donors (Lipinski definition) is 2. The maximum Gasteiger partial charge on any atom is 0.270 e. The fourth-order valence-corrected chi connectivity index (χ4v) is 2.29. The van der Waals surface area contributed by atoms with Crippen LogP contribution in [0.3, 0.4) is 0 Å². The van der Waals surface area contributed by atoms with Crippen molar-refractivity contribution in [2.45, 2.75) is 13.5 Å². The summed E-state index contributed by atoms with van der Waals surface area (Å²) in [6, 6.07) is 14.3. The lowest BCUT2D eigenvalue weighted by Gasteiger charge is -2.09. The van der Waals surface area contributed by atoms with Gasteiger partial charge >= 0.3 is 0 Å². The lowest BCUT2D eigenvalue weighted by molar-refractivity contribution is 0.0945. The highest BCUT2D eigenvalue weighted by molar-refractivity contribution is 6.30. The molecule has 7 heteroatoms. The highest BCUT2D eigenvalue weighted by atomic mass is 35.5. The molecule has 2 heterocycles. The van der Waals surface area contributed by atoms with Gasteiger partial charge in [-0.15, -0.1) is 0 Å². The Hall–Kier alpha value is -2.99. The number of aryl methyl sites for hydroxylation is 1. The third-order valence-electron chi connectivity index (χ3n) is 3.34. The Labute approximate surface area is 150 Å². The van der Waals surface area contributed by atoms with E-state index in [4.69, 9.17) is 11.6 Å². The summed E-state index contributed by atoms with van der Waals surface area (Å²) < 4.78 is 0. The second kappa shape index (κ2) is 7.72. The van der Waals surface area contributed by atoms with Gasteiger partial charge < -0.3 is 10.6 Å². The molecular formula is C18H16ClN5O. The number of hydrogen-bond acceptors (Lipinski definition) is 5. The molecular weight excluding hydrogens is 338 g/mol. The average molecular weight is 354 g/mol. The second-order valence-corrected chi connectivity index (χ2v) is 5.79. The third-order valence-corrected chi connectivity index (χ3v) is 3.60. The molecule has 25 heavy (non-hydrogen) atoms. The summed E-state index contributed by atoms with van der Waals surface area (Å²) in [6.07, 6.45) is 1.68. The van der Waals surface area contributed by atoms with E-state index in [0.717, 1.165) is 11.4 Å². The van der Waals surface area contributed by atoms with Crippen molar-refractivity contribution in [3.05, 3.63) is 76.8 Å². The maximum absolute atomic E-state index is 12.3. The minimum atomic E-state index is -0.282. The summed E-state index contributed by atoms with van der Waals surface area (Å²) in [5.74, 6) is 0.0700. The molecule has 0 atom stereocenters. The number of halogens is 1. The Kier molecular flexibility index (Phi) is 5.20. The predicted molar refractivity (Wildman–Crippen MR) is 96.9 cm³/mol. The molecule has 0 aliphatic heterocycles. The number of pyridine rings is 1. The number of anilines is 2. The Bertz CT molecular complexity index is 868. The van der Waals surface area contributed by atoms with Gasteiger partial charge in [0.2, 0.25) is 5.95 Å². The molecule has 2 N–H and O–H groups in total. The Morgan fingerprint density at radius 3 is 2.64 bits per heavy atom. The van der Waals surface area contributed by atoms with Crippen LogP contribution in [-0.4, -0.2) is 20.9 Å². The SMILES string of the molecule is Cc1cc(C(=O)NCc2ccccn2)nc(Nc2ccc(Cl)cc2)n1. The van der Waals surface area contributed by atoms with E-state index in [0.29, 0.717) is 28.9 Å². The monoisotopic (exact) mass is 353 g/mol. The summed E-state index contributed by atoms with van der Waals surface area (Å²) >= 11 is 5.87. The molecule has 126 valence electrons. The first-order chi connectivity index (χ1) is 12.1. The van der Waals surface area contributed by atoms with Crippen molar-refractivity contribution < 1.29 is 4.79 Å². The van der Waals surface area contributed by atoms with Crippen LogP contribution < -0.4 is 10.6 Å². The van der Waals surface area contributed by atoms with Crippen molar-refractivity contribution in [1.29, 1.82) is 0 Å². The molecule has 0 radical (unpaired) electrons. The fraction of sp³-hybridized carbons (Fsp3) is 0.111. The van der Waals surface area contributed by atoms with Crippen LogP contribution in [0, 0.1) is 6.92 Å². The maximum atomic E-state index is 12.3. The summed E-state index contributed by atoms with van der Waals surface area (Å²) in [4.78, 5) is 25.1. The van der Waals surface area contributed by atoms with Gasteiger partial charge in [-0.2, -0.15) is 0 Å². The van der Waals surface area contributed by atoms with Crippen LogP contribution in [0.1, 0.15) is 21.9 Å². The van der Waals surface area contributed by atoms with Crippen LogP contribution in [0.15, 0.2) is 54.7 Å². The zero-order chi connectivity index (χ0) is 17.6. The van der Waals surface area contributed by atoms with E-state index in [1.54, 1.807) is 24.4 Å². The van der Waals surface area contributed by atoms with Crippen LogP contribution in [0.25, 0.3) is 0 Å². The zero-order valence-electron chi connectivity index (χ0n) is 13.5. The van der Waals surface area contributed by atoms with Gasteiger partial charge in [0.05, 0.1) is 12.2 Å². The Morgan fingerprint density at radius 2 is 1.92 bits per heavy atom. The van der Waals surface area contributed by atoms with E-state index in [-0.39, 0.29) is 5.91 Å². The molecule has 2 aromatic heterocycles. The first-order valence-corrected chi connectivity index (χ1v) is 8.04. The smallest absolute Gasteiger partial charge is 0.270 e. The van der Waals surface area contributed by atoms with Crippen molar-refractivity contribution in [3.8, 4) is 0 Å². The molecule has 6 nitrogen and oxygen atoms in total. The molecule has 0 saturated heterocycles. The Balaban J connectivity index is 1.72. The van der Waals surface area contributed by atoms with Gasteiger partial charge in [-0.05, 0) is 49.4 Å². The molecule has 3 rings (SSSR count). The predicted octanol–water partition coefficient (Wildman–Crippen LogP) is 3.51. The number of benzene rings is 1. The largest absolute Gasteiger partial charge is 0.345 e. The lowest BCUT2D eigenvalue weighted by Crippen LogP contribution is -2.24. The number of nitrogens with zero attached hydrogens (tertiary/aromatic N) is 3. The average Bonchev–Trinajstić information content (AvgIpc) is 2.62. The minimum Gasteiger partial charge on any atom is -0.345 e. The van der Waals surface area contributed by atoms with Gasteiger partial charge in [0, 0.05) is 22.6 Å². The van der Waals surface area contributed by atoms with Crippen molar-refractivity contribution in [3.63, 3.8) is 0 Å². The minimum absolute atomic E-state index is 0.282. The summed E-state index contributed by atoms with van der Waals surface area (Å²) in [5.41, 5.74) is 2.55. The van der Waals surface area contributed by atoms with E-state index in [1.165, 1.54) is 0 Å². The van der Waals surface area contributed by atoms with Crippen LogP contribution in [0.4, 0.5) is 11.6 Å². The zero-order valence-corrected chi connectivity index (χ0v) is 14.3. The molecule has 1 amide bonds. The van der Waals surface area contributed by atoms with Crippen LogP contribution in [-0.2, 0) is 6.54 Å². The van der Waals surface area contributed by atoms with Crippen LogP contribution >= 0.6 is 11.6 Å². The van der Waals surface area contributed by atoms with E-state index in [2.05, 4.69) is 25.6 Å². The van der Waals surface area contributed by atoms with E-state index in [1.807, 2.05) is 37.3 Å². The normalized spacial score (nSPS) is 10.3. The quantitative estimate of drug-likeness (QED) is 0.733. The van der Waals surface area contributed by atoms with E-state index in [9.17, 15) is 4.79 Å². The van der Waals surface area contributed by atoms with Gasteiger partial charge in [0.25, 0.3) is 5.91 Å². The van der Waals surface area contributed by atoms with Crippen molar-refractivity contribution in [2.75, 3.05) is 5.32 Å². The van der Waals surface area contributed by atoms with Crippen molar-refractivity contribution in [1.82, 2.24) is 20.3 Å². The molecule has 0 spiro atoms. The lowest BCUT2D eigenvalue weighted by atomic mass is 10.3. The second-order valence-electron chi connectivity index (χ2n) is 5.35. The van der Waals surface area contributed by atoms with Crippen molar-refractivity contribution in [2.24, 2.45) is 0 Å². The number of aromatic nitrogens is 3. The topological polar surface area (TPSA) is 79.8 Å². The van der Waals surface area contributed by atoms with E-state index >= 15 is 0 Å². The van der Waals surface area contributed by atoms with Crippen molar-refractivity contribution >= 4 is 29.1 Å². The molecule has 0 aliphatic rings. The van der Waals surface area contributed by atoms with Gasteiger partial charge in [-0.25, -0.2) is 9.97 Å². The number of nitrogens with one attached hydrogen (secondary N) is 2. The van der Waals surface area contributed by atoms with Crippen LogP contribution in [0.5, 0.6) is 0 Å². The molecule has 0 unspecified atom stereocenters. The number of amides is 1. The Morgan fingerprint density at radius 1 is 1.12 bits per heavy atom. The van der Waals surface area contributed by atoms with Gasteiger partial charge in [-0.3, -0.25) is 9.78 Å². The third kappa shape index (κ3) is 4.74. The fourth-order valence-electron chi connectivity index (χ4n) is 2.17. The summed E-state index contributed by atoms with van der Waals surface area (Å²) in [6.45, 7) is 2.15. The number of carbonyl (C=O) groups is 1. The highest BCUT2D eigenvalue weighted by Gasteiger charge is 2.11. The molecule has 0 fully saturated rings. The highest BCUT2D eigenvalue weighted by Crippen LogP contribution is 2.17. The number of rotatable bonds is 5. The standard InChI is InChI=1S/C18H16ClN5O/c1-12-10-16(17(25)21-11-15-4-2-3-9-20-15)24-18(22-12)23-14-7-5-13(19)6-8-14/h2-10H,11H2,1H3,(H,21,25)(H,22,23,24). The molecule has 0 bridgehead atoms. The van der Waals surface area contributed by atoms with Crippen LogP contribution in [0.2, 0.25) is 5.02 Å². The molecule has 3 aromatic rings. The molecule has 0 aliphatic carbocycles. The van der Waals surface area contributed by atoms with E-state index < -0.39 is 0 Å². The van der Waals surface area contributed by atoms with Gasteiger partial charge in [0.1, 0.15) is 5.69 Å². The van der Waals surface area contributed by atoms with Gasteiger partial charge in [0.15, 0.2) is 0 Å².